The maximum absolute atomic E-state index is 11.1. The van der Waals surface area contributed by atoms with Crippen LogP contribution in [0.2, 0.25) is 5.02 Å². The number of carbonyl (C=O) groups excluding carboxylic acids is 1. The van der Waals surface area contributed by atoms with Crippen LogP contribution in [0.25, 0.3) is 0 Å². The van der Waals surface area contributed by atoms with Crippen LogP contribution >= 0.6 is 11.6 Å². The monoisotopic (exact) mass is 401 g/mol. The van der Waals surface area contributed by atoms with Crippen LogP contribution in [0.1, 0.15) is 18.9 Å². The van der Waals surface area contributed by atoms with Gasteiger partial charge in [-0.1, -0.05) is 24.6 Å². The van der Waals surface area contributed by atoms with Crippen LogP contribution in [-0.4, -0.2) is 39.0 Å². The molecule has 1 aliphatic rings. The Kier molecular flexibility index (Phi) is 6.08. The topological polar surface area (TPSA) is 118 Å². The van der Waals surface area contributed by atoms with Crippen molar-refractivity contribution in [3.63, 3.8) is 0 Å². The first-order valence-electron chi connectivity index (χ1n) is 8.68. The number of hydrogen-bond acceptors (Lipinski definition) is 6. The average molecular weight is 402 g/mol. The van der Waals surface area contributed by atoms with Crippen molar-refractivity contribution in [2.75, 3.05) is 0 Å². The smallest absolute Gasteiger partial charge is 0.249 e. The highest BCUT2D eigenvalue weighted by molar-refractivity contribution is 6.30. The lowest BCUT2D eigenvalue weighted by Crippen LogP contribution is -2.40. The number of nitrogens with two attached hydrogens (primary N) is 1. The molecule has 0 aliphatic carbocycles. The first-order chi connectivity index (χ1) is 13.3. The van der Waals surface area contributed by atoms with Gasteiger partial charge in [0.15, 0.2) is 6.10 Å². The van der Waals surface area contributed by atoms with Crippen molar-refractivity contribution < 1.29 is 19.7 Å². The number of ether oxygens (including phenoxy) is 1. The molecule has 1 aliphatic heterocycles. The van der Waals surface area contributed by atoms with E-state index in [4.69, 9.17) is 22.1 Å². The molecule has 0 saturated carbocycles. The number of aromatic nitrogens is 1. The molecule has 2 aromatic rings. The van der Waals surface area contributed by atoms with Crippen LogP contribution in [0, 0.1) is 5.92 Å². The Morgan fingerprint density at radius 1 is 1.25 bits per heavy atom. The zero-order chi connectivity index (χ0) is 20.3. The van der Waals surface area contributed by atoms with Crippen molar-refractivity contribution >= 4 is 23.2 Å². The molecule has 28 heavy (non-hydrogen) atoms. The maximum Gasteiger partial charge on any atom is 0.249 e. The van der Waals surface area contributed by atoms with Crippen LogP contribution in [-0.2, 0) is 4.79 Å². The van der Waals surface area contributed by atoms with Crippen LogP contribution < -0.4 is 10.5 Å². The molecule has 1 aromatic carbocycles. The number of aliphatic hydroxyl groups excluding tert-OH is 2. The number of aliphatic hydroxyl groups is 2. The van der Waals surface area contributed by atoms with Gasteiger partial charge in [-0.25, -0.2) is 4.98 Å². The van der Waals surface area contributed by atoms with Crippen LogP contribution in [0.15, 0.2) is 59.4 Å². The summed E-state index contributed by atoms with van der Waals surface area (Å²) in [7, 11) is 0. The van der Waals surface area contributed by atoms with E-state index in [2.05, 4.69) is 9.98 Å². The fourth-order valence-electron chi connectivity index (χ4n) is 2.82. The molecule has 0 fully saturated rings. The van der Waals surface area contributed by atoms with Gasteiger partial charge in [-0.15, -0.1) is 0 Å². The number of primary amides is 1. The molecule has 0 spiro atoms. The summed E-state index contributed by atoms with van der Waals surface area (Å²) in [6, 6.07) is 10.6. The Bertz CT molecular complexity index is 910. The van der Waals surface area contributed by atoms with Crippen LogP contribution in [0.3, 0.4) is 0 Å². The van der Waals surface area contributed by atoms with Gasteiger partial charge in [-0.05, 0) is 48.2 Å². The summed E-state index contributed by atoms with van der Waals surface area (Å²) in [5, 5.41) is 20.4. The summed E-state index contributed by atoms with van der Waals surface area (Å²) in [5.74, 6) is 0.102. The summed E-state index contributed by atoms with van der Waals surface area (Å²) < 4.78 is 5.67. The molecule has 7 nitrogen and oxygen atoms in total. The molecule has 3 rings (SSSR count). The van der Waals surface area contributed by atoms with Gasteiger partial charge in [0.05, 0.1) is 10.7 Å². The predicted molar refractivity (Wildman–Crippen MR) is 105 cm³/mol. The SMILES string of the molecule is C[C@H]1C=C([C@@H](O)[C@H](O)C(N)=O)N=C(c2ccc(Oc3ccc(Cl)cn3)cc2)C1. The standard InChI is InChI=1S/C20H20ClN3O4/c1-11-8-15(24-16(9-11)18(25)19(26)20(22)27)12-2-5-14(6-3-12)28-17-7-4-13(21)10-23-17/h2-7,9-11,18-19,25-26H,8H2,1H3,(H2,22,27)/t11-,18-,19+/m1/s1. The summed E-state index contributed by atoms with van der Waals surface area (Å²) in [4.78, 5) is 19.6. The molecule has 0 bridgehead atoms. The second-order valence-corrected chi connectivity index (χ2v) is 7.00. The van der Waals surface area contributed by atoms with Crippen molar-refractivity contribution in [2.45, 2.75) is 25.6 Å². The lowest BCUT2D eigenvalue weighted by Gasteiger charge is -2.23. The number of hydrogen-bond donors (Lipinski definition) is 3. The predicted octanol–water partition coefficient (Wildman–Crippen LogP) is 2.45. The second-order valence-electron chi connectivity index (χ2n) is 6.56. The third-order valence-electron chi connectivity index (χ3n) is 4.24. The minimum atomic E-state index is -1.70. The van der Waals surface area contributed by atoms with E-state index in [1.54, 1.807) is 30.3 Å². The molecule has 0 radical (unpaired) electrons. The zero-order valence-electron chi connectivity index (χ0n) is 15.1. The highest BCUT2D eigenvalue weighted by Crippen LogP contribution is 2.26. The van der Waals surface area contributed by atoms with Gasteiger partial charge in [0.25, 0.3) is 0 Å². The first kappa shape index (κ1) is 20.0. The highest BCUT2D eigenvalue weighted by atomic mass is 35.5. The summed E-state index contributed by atoms with van der Waals surface area (Å²) >= 11 is 5.81. The molecule has 8 heteroatoms. The van der Waals surface area contributed by atoms with E-state index in [0.29, 0.717) is 23.1 Å². The number of benzene rings is 1. The highest BCUT2D eigenvalue weighted by Gasteiger charge is 2.28. The number of rotatable bonds is 6. The molecular weight excluding hydrogens is 382 g/mol. The number of amides is 1. The van der Waals surface area contributed by atoms with Gasteiger partial charge in [-0.3, -0.25) is 9.79 Å². The summed E-state index contributed by atoms with van der Waals surface area (Å²) in [6.45, 7) is 1.96. The van der Waals surface area contributed by atoms with E-state index in [1.165, 1.54) is 6.20 Å². The molecule has 1 amide bonds. The number of nitrogens with zero attached hydrogens (tertiary/aromatic N) is 2. The zero-order valence-corrected chi connectivity index (χ0v) is 15.9. The number of allylic oxidation sites excluding steroid dienone is 1. The third-order valence-corrected chi connectivity index (χ3v) is 4.46. The first-order valence-corrected chi connectivity index (χ1v) is 9.06. The van der Waals surface area contributed by atoms with Gasteiger partial charge in [0.1, 0.15) is 11.9 Å². The number of carbonyl (C=O) groups is 1. The average Bonchev–Trinajstić information content (AvgIpc) is 2.68. The van der Waals surface area contributed by atoms with Crippen molar-refractivity contribution in [1.82, 2.24) is 4.98 Å². The van der Waals surface area contributed by atoms with E-state index in [0.717, 1.165) is 11.3 Å². The normalized spacial score (nSPS) is 18.6. The van der Waals surface area contributed by atoms with Crippen LogP contribution in [0.4, 0.5) is 0 Å². The summed E-state index contributed by atoms with van der Waals surface area (Å²) in [5.41, 5.74) is 6.86. The minimum absolute atomic E-state index is 0.0754. The lowest BCUT2D eigenvalue weighted by molar-refractivity contribution is -0.130. The van der Waals surface area contributed by atoms with E-state index < -0.39 is 18.1 Å². The van der Waals surface area contributed by atoms with Crippen molar-refractivity contribution in [2.24, 2.45) is 16.6 Å². The Hall–Kier alpha value is -2.74. The van der Waals surface area contributed by atoms with Gasteiger partial charge in [0, 0.05) is 18.0 Å². The molecule has 3 atom stereocenters. The molecule has 146 valence electrons. The Morgan fingerprint density at radius 2 is 1.96 bits per heavy atom. The van der Waals surface area contributed by atoms with E-state index in [9.17, 15) is 15.0 Å². The van der Waals surface area contributed by atoms with Crippen molar-refractivity contribution in [3.8, 4) is 11.6 Å². The summed E-state index contributed by atoms with van der Waals surface area (Å²) in [6.07, 6.45) is 0.715. The molecule has 0 saturated heterocycles. The Morgan fingerprint density at radius 3 is 2.57 bits per heavy atom. The quantitative estimate of drug-likeness (QED) is 0.687. The molecular formula is C20H20ClN3O4. The van der Waals surface area contributed by atoms with E-state index in [-0.39, 0.29) is 11.6 Å². The van der Waals surface area contributed by atoms with Gasteiger partial charge >= 0.3 is 0 Å². The largest absolute Gasteiger partial charge is 0.439 e. The Balaban J connectivity index is 1.77. The Labute approximate surface area is 167 Å². The fraction of sp³-hybridized carbons (Fsp3) is 0.250. The molecule has 0 unspecified atom stereocenters. The van der Waals surface area contributed by atoms with Gasteiger partial charge in [0.2, 0.25) is 11.8 Å². The van der Waals surface area contributed by atoms with E-state index >= 15 is 0 Å². The molecule has 4 N–H and O–H groups in total. The number of aliphatic imine (C=N–C) groups is 1. The van der Waals surface area contributed by atoms with Crippen molar-refractivity contribution in [3.05, 3.63) is 65.0 Å². The van der Waals surface area contributed by atoms with Gasteiger partial charge < -0.3 is 20.7 Å². The van der Waals surface area contributed by atoms with Crippen molar-refractivity contribution in [1.29, 1.82) is 0 Å². The second kappa shape index (κ2) is 8.52. The minimum Gasteiger partial charge on any atom is -0.439 e. The number of halogens is 1. The van der Waals surface area contributed by atoms with Crippen LogP contribution in [0.5, 0.6) is 11.6 Å². The molecule has 2 heterocycles. The number of pyridine rings is 1. The van der Waals surface area contributed by atoms with E-state index in [1.807, 2.05) is 19.1 Å². The molecule has 1 aromatic heterocycles. The third kappa shape index (κ3) is 4.75. The fourth-order valence-corrected chi connectivity index (χ4v) is 2.93. The maximum atomic E-state index is 11.1. The van der Waals surface area contributed by atoms with Gasteiger partial charge in [-0.2, -0.15) is 0 Å². The lowest BCUT2D eigenvalue weighted by atomic mass is 9.93.